The SMILES string of the molecule is CCC(O)CNC(=O)OC(C)(C)C. The van der Waals surface area contributed by atoms with E-state index in [0.29, 0.717) is 6.42 Å². The maximum atomic E-state index is 11.0. The Kier molecular flexibility index (Phi) is 4.77. The van der Waals surface area contributed by atoms with Crippen molar-refractivity contribution in [3.8, 4) is 0 Å². The van der Waals surface area contributed by atoms with Crippen LogP contribution < -0.4 is 5.32 Å². The molecule has 0 saturated carbocycles. The number of nitrogens with one attached hydrogen (secondary N) is 1. The number of hydrogen-bond acceptors (Lipinski definition) is 3. The number of carbonyl (C=O) groups is 1. The molecule has 4 nitrogen and oxygen atoms in total. The third-order valence-electron chi connectivity index (χ3n) is 1.35. The first-order chi connectivity index (χ1) is 5.85. The van der Waals surface area contributed by atoms with Gasteiger partial charge in [-0.2, -0.15) is 0 Å². The first kappa shape index (κ1) is 12.2. The van der Waals surface area contributed by atoms with Crippen LogP contribution in [-0.2, 0) is 4.74 Å². The van der Waals surface area contributed by atoms with E-state index in [0.717, 1.165) is 0 Å². The van der Waals surface area contributed by atoms with Crippen molar-refractivity contribution < 1.29 is 14.6 Å². The van der Waals surface area contributed by atoms with E-state index >= 15 is 0 Å². The normalized spacial score (nSPS) is 13.6. The number of amides is 1. The zero-order valence-electron chi connectivity index (χ0n) is 8.76. The molecule has 78 valence electrons. The second kappa shape index (κ2) is 5.07. The number of ether oxygens (including phenoxy) is 1. The first-order valence-electron chi connectivity index (χ1n) is 4.50. The fourth-order valence-corrected chi connectivity index (χ4v) is 0.660. The van der Waals surface area contributed by atoms with E-state index in [1.54, 1.807) is 20.8 Å². The van der Waals surface area contributed by atoms with E-state index < -0.39 is 17.8 Å². The first-order valence-corrected chi connectivity index (χ1v) is 4.50. The molecule has 2 N–H and O–H groups in total. The zero-order chi connectivity index (χ0) is 10.5. The summed E-state index contributed by atoms with van der Waals surface area (Å²) < 4.78 is 4.97. The van der Waals surface area contributed by atoms with Crippen LogP contribution in [0.4, 0.5) is 4.79 Å². The minimum atomic E-state index is -0.493. The molecule has 1 amide bonds. The largest absolute Gasteiger partial charge is 0.444 e. The van der Waals surface area contributed by atoms with E-state index in [1.807, 2.05) is 6.92 Å². The van der Waals surface area contributed by atoms with Gasteiger partial charge in [-0.1, -0.05) is 6.92 Å². The maximum absolute atomic E-state index is 11.0. The molecule has 0 aliphatic rings. The molecule has 1 unspecified atom stereocenters. The molecule has 1 atom stereocenters. The van der Waals surface area contributed by atoms with Crippen LogP contribution in [-0.4, -0.2) is 29.4 Å². The minimum absolute atomic E-state index is 0.241. The Morgan fingerprint density at radius 1 is 1.54 bits per heavy atom. The van der Waals surface area contributed by atoms with Gasteiger partial charge in [0.2, 0.25) is 0 Å². The topological polar surface area (TPSA) is 58.6 Å². The molecule has 0 aromatic rings. The van der Waals surface area contributed by atoms with E-state index in [-0.39, 0.29) is 6.54 Å². The highest BCUT2D eigenvalue weighted by atomic mass is 16.6. The lowest BCUT2D eigenvalue weighted by molar-refractivity contribution is 0.0490. The lowest BCUT2D eigenvalue weighted by Gasteiger charge is -2.20. The quantitative estimate of drug-likeness (QED) is 0.703. The molecule has 0 rings (SSSR count). The van der Waals surface area contributed by atoms with Gasteiger partial charge in [0.1, 0.15) is 5.60 Å². The van der Waals surface area contributed by atoms with Crippen molar-refractivity contribution in [2.75, 3.05) is 6.54 Å². The number of aliphatic hydroxyl groups is 1. The molecule has 4 heteroatoms. The average molecular weight is 189 g/mol. The molecule has 0 heterocycles. The lowest BCUT2D eigenvalue weighted by Crippen LogP contribution is -2.36. The van der Waals surface area contributed by atoms with Crippen LogP contribution >= 0.6 is 0 Å². The van der Waals surface area contributed by atoms with Crippen LogP contribution in [0.25, 0.3) is 0 Å². The van der Waals surface area contributed by atoms with E-state index in [1.165, 1.54) is 0 Å². The van der Waals surface area contributed by atoms with E-state index in [4.69, 9.17) is 9.84 Å². The Labute approximate surface area is 79.3 Å². The molecule has 0 radical (unpaired) electrons. The van der Waals surface area contributed by atoms with E-state index in [9.17, 15) is 4.79 Å². The summed E-state index contributed by atoms with van der Waals surface area (Å²) in [6.45, 7) is 7.47. The van der Waals surface area contributed by atoms with Gasteiger partial charge in [-0.05, 0) is 27.2 Å². The summed E-state index contributed by atoms with van der Waals surface area (Å²) in [7, 11) is 0. The minimum Gasteiger partial charge on any atom is -0.444 e. The van der Waals surface area contributed by atoms with Gasteiger partial charge < -0.3 is 15.2 Å². The molecule has 13 heavy (non-hydrogen) atoms. The molecule has 0 bridgehead atoms. The van der Waals surface area contributed by atoms with Gasteiger partial charge in [-0.25, -0.2) is 4.79 Å². The monoisotopic (exact) mass is 189 g/mol. The number of carbonyl (C=O) groups excluding carboxylic acids is 1. The summed E-state index contributed by atoms with van der Waals surface area (Å²) in [6.07, 6.45) is -0.358. The summed E-state index contributed by atoms with van der Waals surface area (Å²) in [6, 6.07) is 0. The molecule has 0 aromatic heterocycles. The van der Waals surface area contributed by atoms with Crippen LogP contribution in [0.5, 0.6) is 0 Å². The van der Waals surface area contributed by atoms with Gasteiger partial charge in [0.15, 0.2) is 0 Å². The van der Waals surface area contributed by atoms with Crippen LogP contribution in [0, 0.1) is 0 Å². The Morgan fingerprint density at radius 3 is 2.46 bits per heavy atom. The molecule has 0 aliphatic heterocycles. The molecule has 0 aromatic carbocycles. The maximum Gasteiger partial charge on any atom is 0.407 e. The highest BCUT2D eigenvalue weighted by Gasteiger charge is 2.16. The van der Waals surface area contributed by atoms with Crippen LogP contribution in [0.3, 0.4) is 0 Å². The van der Waals surface area contributed by atoms with Crippen molar-refractivity contribution >= 4 is 6.09 Å². The third-order valence-corrected chi connectivity index (χ3v) is 1.35. The highest BCUT2D eigenvalue weighted by molar-refractivity contribution is 5.67. The summed E-state index contributed by atoms with van der Waals surface area (Å²) in [5, 5.41) is 11.6. The van der Waals surface area contributed by atoms with Crippen molar-refractivity contribution in [1.82, 2.24) is 5.32 Å². The average Bonchev–Trinajstić information content (AvgIpc) is 1.97. The third kappa shape index (κ3) is 7.59. The van der Waals surface area contributed by atoms with Gasteiger partial charge in [0.05, 0.1) is 6.10 Å². The van der Waals surface area contributed by atoms with E-state index in [2.05, 4.69) is 5.32 Å². The Bertz CT molecular complexity index is 163. The van der Waals surface area contributed by atoms with Crippen LogP contribution in [0.15, 0.2) is 0 Å². The number of aliphatic hydroxyl groups excluding tert-OH is 1. The van der Waals surface area contributed by atoms with Gasteiger partial charge in [-0.3, -0.25) is 0 Å². The Balaban J connectivity index is 3.64. The second-order valence-corrected chi connectivity index (χ2v) is 3.94. The van der Waals surface area contributed by atoms with Crippen molar-refractivity contribution in [3.05, 3.63) is 0 Å². The van der Waals surface area contributed by atoms with Gasteiger partial charge in [-0.15, -0.1) is 0 Å². The summed E-state index contributed by atoms with van der Waals surface area (Å²) in [4.78, 5) is 11.0. The van der Waals surface area contributed by atoms with Gasteiger partial charge >= 0.3 is 6.09 Å². The van der Waals surface area contributed by atoms with Gasteiger partial charge in [0.25, 0.3) is 0 Å². The predicted octanol–water partition coefficient (Wildman–Crippen LogP) is 1.28. The van der Waals surface area contributed by atoms with Crippen molar-refractivity contribution in [3.63, 3.8) is 0 Å². The van der Waals surface area contributed by atoms with Gasteiger partial charge in [0, 0.05) is 6.54 Å². The molecule has 0 aliphatic carbocycles. The van der Waals surface area contributed by atoms with Crippen LogP contribution in [0.1, 0.15) is 34.1 Å². The Hall–Kier alpha value is -0.770. The summed E-state index contributed by atoms with van der Waals surface area (Å²) >= 11 is 0. The lowest BCUT2D eigenvalue weighted by atomic mass is 10.2. The fourth-order valence-electron chi connectivity index (χ4n) is 0.660. The van der Waals surface area contributed by atoms with Crippen molar-refractivity contribution in [2.24, 2.45) is 0 Å². The fraction of sp³-hybridized carbons (Fsp3) is 0.889. The Morgan fingerprint density at radius 2 is 2.08 bits per heavy atom. The molecule has 0 saturated heterocycles. The summed E-state index contributed by atoms with van der Waals surface area (Å²) in [5.74, 6) is 0. The number of rotatable bonds is 3. The number of hydrogen-bond donors (Lipinski definition) is 2. The van der Waals surface area contributed by atoms with Crippen LogP contribution in [0.2, 0.25) is 0 Å². The zero-order valence-corrected chi connectivity index (χ0v) is 8.76. The molecule has 0 fully saturated rings. The predicted molar refractivity (Wildman–Crippen MR) is 50.5 cm³/mol. The summed E-state index contributed by atoms with van der Waals surface area (Å²) in [5.41, 5.74) is -0.485. The van der Waals surface area contributed by atoms with Crippen molar-refractivity contribution in [2.45, 2.75) is 45.8 Å². The molecule has 0 spiro atoms. The number of alkyl carbamates (subject to hydrolysis) is 1. The smallest absolute Gasteiger partial charge is 0.407 e. The van der Waals surface area contributed by atoms with Crippen molar-refractivity contribution in [1.29, 1.82) is 0 Å². The molecular formula is C9H19NO3. The second-order valence-electron chi connectivity index (χ2n) is 3.94. The highest BCUT2D eigenvalue weighted by Crippen LogP contribution is 2.06. The molecular weight excluding hydrogens is 170 g/mol. The standard InChI is InChI=1S/C9H19NO3/c1-5-7(11)6-10-8(12)13-9(2,3)4/h7,11H,5-6H2,1-4H3,(H,10,12).